The molecule has 1 aliphatic heterocycles. The third-order valence-electron chi connectivity index (χ3n) is 4.71. The molecule has 2 heterocycles. The normalized spacial score (nSPS) is 30.1. The van der Waals surface area contributed by atoms with Crippen LogP contribution in [0.25, 0.3) is 0 Å². The first-order chi connectivity index (χ1) is 8.90. The molecule has 1 aromatic heterocycles. The van der Waals surface area contributed by atoms with E-state index >= 15 is 0 Å². The minimum atomic E-state index is 0.768. The third kappa shape index (κ3) is 1.91. The highest BCUT2D eigenvalue weighted by Crippen LogP contribution is 2.40. The van der Waals surface area contributed by atoms with E-state index in [-0.39, 0.29) is 0 Å². The zero-order valence-electron chi connectivity index (χ0n) is 10.8. The third-order valence-corrected chi connectivity index (χ3v) is 4.71. The molecule has 1 N–H and O–H groups in total. The molecular formula is C15H21N3. The van der Waals surface area contributed by atoms with Crippen LogP contribution >= 0.6 is 0 Å². The van der Waals surface area contributed by atoms with Gasteiger partial charge in [-0.1, -0.05) is 6.07 Å². The van der Waals surface area contributed by atoms with Crippen molar-refractivity contribution in [1.29, 1.82) is 0 Å². The lowest BCUT2D eigenvalue weighted by Gasteiger charge is -2.29. The first-order valence-corrected chi connectivity index (χ1v) is 7.34. The second-order valence-electron chi connectivity index (χ2n) is 6.13. The Hall–Kier alpha value is -1.09. The van der Waals surface area contributed by atoms with Crippen molar-refractivity contribution < 1.29 is 0 Å². The number of rotatable bonds is 4. The van der Waals surface area contributed by atoms with Crippen molar-refractivity contribution >= 4 is 5.82 Å². The maximum atomic E-state index is 4.66. The van der Waals surface area contributed by atoms with E-state index in [0.717, 1.165) is 24.5 Å². The van der Waals surface area contributed by atoms with Gasteiger partial charge in [-0.2, -0.15) is 0 Å². The summed E-state index contributed by atoms with van der Waals surface area (Å²) in [6.07, 6.45) is 8.85. The van der Waals surface area contributed by atoms with Crippen LogP contribution in [0, 0.1) is 5.92 Å². The number of hydrogen-bond donors (Lipinski definition) is 1. The van der Waals surface area contributed by atoms with Crippen LogP contribution in [0.4, 0.5) is 5.82 Å². The Morgan fingerprint density at radius 1 is 1.28 bits per heavy atom. The fourth-order valence-electron chi connectivity index (χ4n) is 3.55. The van der Waals surface area contributed by atoms with Crippen molar-refractivity contribution in [1.82, 2.24) is 10.3 Å². The van der Waals surface area contributed by atoms with E-state index in [1.54, 1.807) is 0 Å². The highest BCUT2D eigenvalue weighted by Gasteiger charge is 2.39. The Bertz CT molecular complexity index is 441. The molecule has 3 fully saturated rings. The molecule has 2 aliphatic carbocycles. The van der Waals surface area contributed by atoms with Gasteiger partial charge in [-0.25, -0.2) is 4.98 Å². The Balaban J connectivity index is 1.55. The van der Waals surface area contributed by atoms with Crippen LogP contribution in [-0.4, -0.2) is 23.6 Å². The van der Waals surface area contributed by atoms with E-state index in [4.69, 9.17) is 0 Å². The molecule has 2 atom stereocenters. The molecule has 0 spiro atoms. The van der Waals surface area contributed by atoms with Crippen molar-refractivity contribution in [2.75, 3.05) is 11.4 Å². The number of hydrogen-bond acceptors (Lipinski definition) is 3. The molecule has 2 bridgehead atoms. The van der Waals surface area contributed by atoms with Gasteiger partial charge in [-0.15, -0.1) is 0 Å². The topological polar surface area (TPSA) is 28.2 Å². The number of piperidine rings is 1. The smallest absolute Gasteiger partial charge is 0.133 e. The minimum Gasteiger partial charge on any atom is -0.353 e. The molecule has 1 aromatic rings. The van der Waals surface area contributed by atoms with Gasteiger partial charge in [0.2, 0.25) is 0 Å². The quantitative estimate of drug-likeness (QED) is 0.879. The van der Waals surface area contributed by atoms with Crippen LogP contribution < -0.4 is 10.2 Å². The van der Waals surface area contributed by atoms with Gasteiger partial charge in [0.05, 0.1) is 0 Å². The van der Waals surface area contributed by atoms with Gasteiger partial charge in [0.1, 0.15) is 5.82 Å². The highest BCUT2D eigenvalue weighted by molar-refractivity contribution is 5.49. The summed E-state index contributed by atoms with van der Waals surface area (Å²) in [5, 5.41) is 3.61. The van der Waals surface area contributed by atoms with Crippen molar-refractivity contribution in [3.05, 3.63) is 23.9 Å². The molecule has 0 amide bonds. The van der Waals surface area contributed by atoms with Gasteiger partial charge in [-0.3, -0.25) is 0 Å². The average Bonchev–Trinajstić information content (AvgIpc) is 3.00. The van der Waals surface area contributed by atoms with Gasteiger partial charge in [0.25, 0.3) is 0 Å². The van der Waals surface area contributed by atoms with Crippen LogP contribution in [0.2, 0.25) is 0 Å². The van der Waals surface area contributed by atoms with Gasteiger partial charge in [-0.05, 0) is 44.1 Å². The first-order valence-electron chi connectivity index (χ1n) is 7.34. The van der Waals surface area contributed by atoms with Crippen LogP contribution in [0.15, 0.2) is 18.3 Å². The van der Waals surface area contributed by atoms with Gasteiger partial charge in [0.15, 0.2) is 0 Å². The molecule has 3 nitrogen and oxygen atoms in total. The van der Waals surface area contributed by atoms with Gasteiger partial charge < -0.3 is 10.2 Å². The number of nitrogens with zero attached hydrogens (tertiary/aromatic N) is 2. The van der Waals surface area contributed by atoms with Crippen LogP contribution in [-0.2, 0) is 6.54 Å². The van der Waals surface area contributed by atoms with Crippen LogP contribution in [0.5, 0.6) is 0 Å². The highest BCUT2D eigenvalue weighted by atomic mass is 15.2. The summed E-state index contributed by atoms with van der Waals surface area (Å²) in [5.41, 5.74) is 1.39. The van der Waals surface area contributed by atoms with Crippen molar-refractivity contribution in [3.8, 4) is 0 Å². The Labute approximate surface area is 109 Å². The summed E-state index contributed by atoms with van der Waals surface area (Å²) in [4.78, 5) is 7.23. The van der Waals surface area contributed by atoms with E-state index in [1.165, 1.54) is 50.0 Å². The maximum Gasteiger partial charge on any atom is 0.133 e. The molecule has 3 heteroatoms. The summed E-state index contributed by atoms with van der Waals surface area (Å²) in [7, 11) is 0. The number of anilines is 1. The first kappa shape index (κ1) is 10.8. The summed E-state index contributed by atoms with van der Waals surface area (Å²) in [6, 6.07) is 5.85. The molecule has 0 radical (unpaired) electrons. The standard InChI is InChI=1S/C15H21N3/c1-2-12(9-17-13-4-5-13)15(16-7-1)18-10-11-3-6-14(18)8-11/h1-2,7,11,13-14,17H,3-6,8-10H2. The second kappa shape index (κ2) is 4.23. The lowest BCUT2D eigenvalue weighted by atomic mass is 10.1. The Kier molecular flexibility index (Phi) is 2.54. The summed E-state index contributed by atoms with van der Waals surface area (Å²) in [5.74, 6) is 2.18. The van der Waals surface area contributed by atoms with Crippen molar-refractivity contribution in [3.63, 3.8) is 0 Å². The lowest BCUT2D eigenvalue weighted by Crippen LogP contribution is -2.34. The fourth-order valence-corrected chi connectivity index (χ4v) is 3.55. The van der Waals surface area contributed by atoms with E-state index in [0.29, 0.717) is 0 Å². The molecule has 2 saturated carbocycles. The summed E-state index contributed by atoms with van der Waals surface area (Å²) in [6.45, 7) is 2.22. The molecule has 4 rings (SSSR count). The minimum absolute atomic E-state index is 0.768. The van der Waals surface area contributed by atoms with E-state index in [9.17, 15) is 0 Å². The van der Waals surface area contributed by atoms with E-state index in [1.807, 2.05) is 6.20 Å². The number of fused-ring (bicyclic) bond motifs is 2. The van der Waals surface area contributed by atoms with Crippen LogP contribution in [0.3, 0.4) is 0 Å². The molecule has 18 heavy (non-hydrogen) atoms. The predicted octanol–water partition coefficient (Wildman–Crippen LogP) is 2.32. The predicted molar refractivity (Wildman–Crippen MR) is 72.6 cm³/mol. The molecule has 0 aromatic carbocycles. The van der Waals surface area contributed by atoms with Gasteiger partial charge in [0, 0.05) is 36.9 Å². The zero-order chi connectivity index (χ0) is 11.9. The Morgan fingerprint density at radius 3 is 2.94 bits per heavy atom. The van der Waals surface area contributed by atoms with E-state index < -0.39 is 0 Å². The van der Waals surface area contributed by atoms with E-state index in [2.05, 4.69) is 27.3 Å². The molecule has 2 unspecified atom stereocenters. The molecular weight excluding hydrogens is 222 g/mol. The number of aromatic nitrogens is 1. The summed E-state index contributed by atoms with van der Waals surface area (Å²) < 4.78 is 0. The largest absolute Gasteiger partial charge is 0.353 e. The molecule has 96 valence electrons. The second-order valence-corrected chi connectivity index (χ2v) is 6.13. The summed E-state index contributed by atoms with van der Waals surface area (Å²) >= 11 is 0. The zero-order valence-corrected chi connectivity index (χ0v) is 10.8. The number of nitrogens with one attached hydrogen (secondary N) is 1. The van der Waals surface area contributed by atoms with Crippen molar-refractivity contribution in [2.24, 2.45) is 5.92 Å². The number of pyridine rings is 1. The maximum absolute atomic E-state index is 4.66. The average molecular weight is 243 g/mol. The SMILES string of the molecule is c1cnc(N2CC3CCC2C3)c(CNC2CC2)c1. The monoisotopic (exact) mass is 243 g/mol. The lowest BCUT2D eigenvalue weighted by molar-refractivity contribution is 0.547. The van der Waals surface area contributed by atoms with Crippen molar-refractivity contribution in [2.45, 2.75) is 50.7 Å². The molecule has 1 saturated heterocycles. The molecule has 3 aliphatic rings. The fraction of sp³-hybridized carbons (Fsp3) is 0.667. The van der Waals surface area contributed by atoms with Gasteiger partial charge >= 0.3 is 0 Å². The van der Waals surface area contributed by atoms with Crippen LogP contribution in [0.1, 0.15) is 37.7 Å². The Morgan fingerprint density at radius 2 is 2.22 bits per heavy atom.